The maximum absolute atomic E-state index is 11.8. The number of aliphatic carboxylic acids is 1. The van der Waals surface area contributed by atoms with Crippen molar-refractivity contribution in [1.29, 1.82) is 0 Å². The summed E-state index contributed by atoms with van der Waals surface area (Å²) in [5, 5.41) is 9.66. The van der Waals surface area contributed by atoms with Crippen LogP contribution in [-0.4, -0.2) is 54.1 Å². The van der Waals surface area contributed by atoms with E-state index in [1.807, 2.05) is 0 Å². The second-order valence-corrected chi connectivity index (χ2v) is 5.81. The molecule has 0 radical (unpaired) electrons. The lowest BCUT2D eigenvalue weighted by atomic mass is 10.2. The van der Waals surface area contributed by atoms with Crippen LogP contribution in [0.3, 0.4) is 0 Å². The third-order valence-corrected chi connectivity index (χ3v) is 4.81. The molecular formula is C8H14N2O5S. The number of nitrogens with zero attached hydrogens (tertiary/aromatic N) is 1. The average molecular weight is 250 g/mol. The Morgan fingerprint density at radius 2 is 2.19 bits per heavy atom. The second kappa shape index (κ2) is 4.38. The van der Waals surface area contributed by atoms with Crippen LogP contribution in [0, 0.1) is 0 Å². The molecule has 0 saturated carbocycles. The molecule has 1 aliphatic rings. The van der Waals surface area contributed by atoms with Gasteiger partial charge >= 0.3 is 5.97 Å². The maximum atomic E-state index is 11.8. The molecular weight excluding hydrogens is 236 g/mol. The lowest BCUT2D eigenvalue weighted by Crippen LogP contribution is -2.58. The first-order valence-electron chi connectivity index (χ1n) is 4.79. The van der Waals surface area contributed by atoms with E-state index in [1.165, 1.54) is 6.92 Å². The topological polar surface area (TPSA) is 104 Å². The molecule has 2 N–H and O–H groups in total. The Balaban J connectivity index is 2.99. The van der Waals surface area contributed by atoms with E-state index < -0.39 is 33.2 Å². The summed E-state index contributed by atoms with van der Waals surface area (Å²) in [5.41, 5.74) is 0. The van der Waals surface area contributed by atoms with E-state index in [-0.39, 0.29) is 13.1 Å². The second-order valence-electron chi connectivity index (χ2n) is 3.60. The predicted molar refractivity (Wildman–Crippen MR) is 55.2 cm³/mol. The van der Waals surface area contributed by atoms with Gasteiger partial charge in [-0.1, -0.05) is 0 Å². The normalized spacial score (nSPS) is 24.9. The minimum Gasteiger partial charge on any atom is -0.480 e. The van der Waals surface area contributed by atoms with Crippen molar-refractivity contribution >= 4 is 21.9 Å². The Bertz CT molecular complexity index is 405. The number of hydrogen-bond acceptors (Lipinski definition) is 4. The van der Waals surface area contributed by atoms with Crippen molar-refractivity contribution in [2.75, 3.05) is 13.1 Å². The number of piperazine rings is 1. The Hall–Kier alpha value is -1.15. The largest absolute Gasteiger partial charge is 0.480 e. The molecule has 0 aromatic rings. The average Bonchev–Trinajstić information content (AvgIpc) is 2.20. The van der Waals surface area contributed by atoms with Crippen LogP contribution in [0.2, 0.25) is 0 Å². The van der Waals surface area contributed by atoms with Crippen molar-refractivity contribution in [3.8, 4) is 0 Å². The van der Waals surface area contributed by atoms with Crippen LogP contribution >= 0.6 is 0 Å². The van der Waals surface area contributed by atoms with Gasteiger partial charge in [0.15, 0.2) is 5.25 Å². The molecule has 0 spiro atoms. The lowest BCUT2D eigenvalue weighted by Gasteiger charge is -2.32. The number of carbonyl (C=O) groups is 2. The molecule has 2 atom stereocenters. The van der Waals surface area contributed by atoms with Gasteiger partial charge in [-0.05, 0) is 13.8 Å². The molecule has 1 rings (SSSR count). The molecule has 2 unspecified atom stereocenters. The third kappa shape index (κ3) is 2.17. The number of amides is 1. The highest BCUT2D eigenvalue weighted by Gasteiger charge is 2.40. The highest BCUT2D eigenvalue weighted by atomic mass is 32.2. The monoisotopic (exact) mass is 250 g/mol. The van der Waals surface area contributed by atoms with Crippen molar-refractivity contribution in [1.82, 2.24) is 9.62 Å². The fourth-order valence-corrected chi connectivity index (χ4v) is 2.98. The van der Waals surface area contributed by atoms with Crippen molar-refractivity contribution < 1.29 is 23.1 Å². The Morgan fingerprint density at radius 3 is 2.69 bits per heavy atom. The van der Waals surface area contributed by atoms with E-state index in [9.17, 15) is 18.0 Å². The van der Waals surface area contributed by atoms with Crippen LogP contribution < -0.4 is 5.32 Å². The van der Waals surface area contributed by atoms with E-state index >= 15 is 0 Å². The van der Waals surface area contributed by atoms with E-state index in [0.717, 1.165) is 11.2 Å². The van der Waals surface area contributed by atoms with Gasteiger partial charge in [0.2, 0.25) is 15.9 Å². The van der Waals surface area contributed by atoms with Crippen molar-refractivity contribution in [3.05, 3.63) is 0 Å². The quantitative estimate of drug-likeness (QED) is 0.641. The van der Waals surface area contributed by atoms with Crippen LogP contribution in [0.5, 0.6) is 0 Å². The van der Waals surface area contributed by atoms with E-state index in [4.69, 9.17) is 5.11 Å². The number of carboxylic acids is 1. The van der Waals surface area contributed by atoms with Crippen molar-refractivity contribution in [2.45, 2.75) is 25.1 Å². The summed E-state index contributed by atoms with van der Waals surface area (Å²) in [4.78, 5) is 21.9. The predicted octanol–water partition coefficient (Wildman–Crippen LogP) is -1.39. The minimum atomic E-state index is -3.97. The lowest BCUT2D eigenvalue weighted by molar-refractivity contribution is -0.136. The van der Waals surface area contributed by atoms with Gasteiger partial charge in [0.1, 0.15) is 6.04 Å². The molecule has 8 heteroatoms. The molecule has 1 amide bonds. The fourth-order valence-electron chi connectivity index (χ4n) is 1.44. The number of nitrogens with one attached hydrogen (secondary N) is 1. The number of hydrogen-bond donors (Lipinski definition) is 2. The van der Waals surface area contributed by atoms with Gasteiger partial charge in [-0.25, -0.2) is 8.42 Å². The molecule has 1 saturated heterocycles. The number of rotatable bonds is 3. The van der Waals surface area contributed by atoms with Crippen LogP contribution in [-0.2, 0) is 19.6 Å². The van der Waals surface area contributed by atoms with Crippen LogP contribution in [0.4, 0.5) is 0 Å². The van der Waals surface area contributed by atoms with Gasteiger partial charge < -0.3 is 10.4 Å². The summed E-state index contributed by atoms with van der Waals surface area (Å²) >= 11 is 0. The molecule has 16 heavy (non-hydrogen) atoms. The van der Waals surface area contributed by atoms with Gasteiger partial charge in [-0.2, -0.15) is 4.31 Å². The zero-order valence-corrected chi connectivity index (χ0v) is 9.82. The van der Waals surface area contributed by atoms with Gasteiger partial charge in [0, 0.05) is 13.1 Å². The molecule has 0 aromatic carbocycles. The Morgan fingerprint density at radius 1 is 1.62 bits per heavy atom. The first-order valence-corrected chi connectivity index (χ1v) is 6.30. The number of carboxylic acid groups (broad SMARTS) is 1. The molecule has 1 aliphatic heterocycles. The SMILES string of the molecule is CC1C(=O)NCCN1S(=O)(=O)C(C)C(=O)O. The van der Waals surface area contributed by atoms with Gasteiger partial charge in [-0.15, -0.1) is 0 Å². The van der Waals surface area contributed by atoms with E-state index in [1.54, 1.807) is 0 Å². The standard InChI is InChI=1S/C8H14N2O5S/c1-5-7(11)9-3-4-10(5)16(14,15)6(2)8(12)13/h5-6H,3-4H2,1-2H3,(H,9,11)(H,12,13). The Labute approximate surface area is 93.5 Å². The van der Waals surface area contributed by atoms with Crippen LogP contribution in [0.15, 0.2) is 0 Å². The maximum Gasteiger partial charge on any atom is 0.323 e. The zero-order valence-electron chi connectivity index (χ0n) is 9.00. The summed E-state index contributed by atoms with van der Waals surface area (Å²) < 4.78 is 24.6. The molecule has 1 heterocycles. The molecule has 0 aliphatic carbocycles. The van der Waals surface area contributed by atoms with E-state index in [0.29, 0.717) is 0 Å². The summed E-state index contributed by atoms with van der Waals surface area (Å²) in [6.07, 6.45) is 0. The number of carbonyl (C=O) groups excluding carboxylic acids is 1. The van der Waals surface area contributed by atoms with Crippen LogP contribution in [0.1, 0.15) is 13.8 Å². The fraction of sp³-hybridized carbons (Fsp3) is 0.750. The first kappa shape index (κ1) is 12.9. The molecule has 0 bridgehead atoms. The smallest absolute Gasteiger partial charge is 0.323 e. The van der Waals surface area contributed by atoms with Gasteiger partial charge in [0.05, 0.1) is 0 Å². The third-order valence-electron chi connectivity index (χ3n) is 2.56. The van der Waals surface area contributed by atoms with Crippen molar-refractivity contribution in [3.63, 3.8) is 0 Å². The minimum absolute atomic E-state index is 0.104. The molecule has 1 fully saturated rings. The summed E-state index contributed by atoms with van der Waals surface area (Å²) in [6, 6.07) is -0.861. The van der Waals surface area contributed by atoms with Gasteiger partial charge in [-0.3, -0.25) is 9.59 Å². The van der Waals surface area contributed by atoms with Gasteiger partial charge in [0.25, 0.3) is 0 Å². The highest BCUT2D eigenvalue weighted by Crippen LogP contribution is 2.15. The number of sulfonamides is 1. The molecule has 0 aromatic heterocycles. The zero-order chi connectivity index (χ0) is 12.5. The summed E-state index contributed by atoms with van der Waals surface area (Å²) in [7, 11) is -3.97. The molecule has 92 valence electrons. The first-order chi connectivity index (χ1) is 7.28. The van der Waals surface area contributed by atoms with Crippen LogP contribution in [0.25, 0.3) is 0 Å². The van der Waals surface area contributed by atoms with Crippen molar-refractivity contribution in [2.24, 2.45) is 0 Å². The van der Waals surface area contributed by atoms with E-state index in [2.05, 4.69) is 5.32 Å². The summed E-state index contributed by atoms with van der Waals surface area (Å²) in [5.74, 6) is -1.83. The highest BCUT2D eigenvalue weighted by molar-refractivity contribution is 7.90. The summed E-state index contributed by atoms with van der Waals surface area (Å²) in [6.45, 7) is 2.83. The Kier molecular flexibility index (Phi) is 3.54. The molecule has 7 nitrogen and oxygen atoms in total.